The third-order valence-corrected chi connectivity index (χ3v) is 5.23. The Bertz CT molecular complexity index is 821. The molecular weight excluding hydrogens is 391 g/mol. The first-order valence-electron chi connectivity index (χ1n) is 8.97. The average Bonchev–Trinajstić information content (AvgIpc) is 2.69. The summed E-state index contributed by atoms with van der Waals surface area (Å²) < 4.78 is 38.9. The van der Waals surface area contributed by atoms with Gasteiger partial charge in [0.15, 0.2) is 0 Å². The van der Waals surface area contributed by atoms with Crippen LogP contribution in [-0.2, 0) is 11.0 Å². The van der Waals surface area contributed by atoms with Crippen molar-refractivity contribution in [3.8, 4) is 0 Å². The van der Waals surface area contributed by atoms with Crippen molar-refractivity contribution < 1.29 is 18.0 Å². The van der Waals surface area contributed by atoms with Gasteiger partial charge in [0.05, 0.1) is 16.6 Å². The molecule has 28 heavy (non-hydrogen) atoms. The number of rotatable bonds is 4. The van der Waals surface area contributed by atoms with E-state index >= 15 is 0 Å². The molecular formula is C20H21ClF3N3O. The fraction of sp³-hybridized carbons (Fsp3) is 0.350. The molecule has 3 rings (SSSR count). The third kappa shape index (κ3) is 4.77. The van der Waals surface area contributed by atoms with Crippen LogP contribution in [0.5, 0.6) is 0 Å². The van der Waals surface area contributed by atoms with Crippen LogP contribution in [0.3, 0.4) is 0 Å². The normalized spacial score (nSPS) is 16.7. The van der Waals surface area contributed by atoms with Gasteiger partial charge in [0.25, 0.3) is 0 Å². The summed E-state index contributed by atoms with van der Waals surface area (Å²) in [5.41, 5.74) is 0.257. The molecule has 0 saturated carbocycles. The molecule has 1 heterocycles. The topological polar surface area (TPSA) is 35.6 Å². The molecule has 1 unspecified atom stereocenters. The number of para-hydroxylation sites is 1. The highest BCUT2D eigenvalue weighted by Crippen LogP contribution is 2.36. The number of hydrogen-bond acceptors (Lipinski definition) is 3. The largest absolute Gasteiger partial charge is 0.417 e. The smallest absolute Gasteiger partial charge is 0.369 e. The molecule has 1 aliphatic heterocycles. The Balaban J connectivity index is 1.60. The lowest BCUT2D eigenvalue weighted by Crippen LogP contribution is -2.52. The molecule has 8 heteroatoms. The Morgan fingerprint density at radius 3 is 2.32 bits per heavy atom. The molecule has 1 aliphatic rings. The fourth-order valence-corrected chi connectivity index (χ4v) is 3.46. The minimum atomic E-state index is -4.57. The molecule has 0 aliphatic carbocycles. The minimum absolute atomic E-state index is 0.0801. The lowest BCUT2D eigenvalue weighted by molar-refractivity contribution is -0.137. The number of hydrogen-bond donors (Lipinski definition) is 1. The summed E-state index contributed by atoms with van der Waals surface area (Å²) >= 11 is 5.62. The van der Waals surface area contributed by atoms with Gasteiger partial charge in [0.2, 0.25) is 5.91 Å². The molecule has 1 saturated heterocycles. The van der Waals surface area contributed by atoms with E-state index < -0.39 is 22.8 Å². The summed E-state index contributed by atoms with van der Waals surface area (Å²) in [5, 5.41) is 2.18. The van der Waals surface area contributed by atoms with E-state index in [1.54, 1.807) is 6.92 Å². The Morgan fingerprint density at radius 1 is 1.07 bits per heavy atom. The molecule has 0 radical (unpaired) electrons. The number of nitrogens with zero attached hydrogens (tertiary/aromatic N) is 2. The van der Waals surface area contributed by atoms with E-state index in [1.807, 2.05) is 35.2 Å². The van der Waals surface area contributed by atoms with Gasteiger partial charge in [-0.05, 0) is 37.3 Å². The van der Waals surface area contributed by atoms with Gasteiger partial charge in [0, 0.05) is 37.6 Å². The number of alkyl halides is 3. The molecule has 1 atom stereocenters. The second kappa shape index (κ2) is 8.41. The number of carbonyl (C=O) groups excluding carboxylic acids is 1. The van der Waals surface area contributed by atoms with Crippen LogP contribution in [0.2, 0.25) is 5.02 Å². The van der Waals surface area contributed by atoms with Crippen molar-refractivity contribution in [3.05, 3.63) is 59.1 Å². The van der Waals surface area contributed by atoms with Gasteiger partial charge < -0.3 is 10.2 Å². The van der Waals surface area contributed by atoms with E-state index in [-0.39, 0.29) is 11.6 Å². The van der Waals surface area contributed by atoms with Crippen molar-refractivity contribution in [2.45, 2.75) is 19.1 Å². The van der Waals surface area contributed by atoms with E-state index in [0.29, 0.717) is 13.1 Å². The minimum Gasteiger partial charge on any atom is -0.369 e. The molecule has 0 bridgehead atoms. The molecule has 0 aromatic heterocycles. The maximum Gasteiger partial charge on any atom is 0.417 e. The standard InChI is InChI=1S/C20H21ClF3N3O/c1-14(26-9-11-27(12-10-26)16-5-3-2-4-6-16)19(28)25-15-7-8-18(21)17(13-15)20(22,23)24/h2-8,13-14H,9-12H2,1H3,(H,25,28). The Hall–Kier alpha value is -2.25. The van der Waals surface area contributed by atoms with E-state index in [1.165, 1.54) is 6.07 Å². The summed E-state index contributed by atoms with van der Waals surface area (Å²) in [5.74, 6) is -0.344. The van der Waals surface area contributed by atoms with Crippen LogP contribution in [-0.4, -0.2) is 43.0 Å². The quantitative estimate of drug-likeness (QED) is 0.804. The zero-order valence-corrected chi connectivity index (χ0v) is 16.1. The number of benzene rings is 2. The van der Waals surface area contributed by atoms with E-state index in [2.05, 4.69) is 10.2 Å². The summed E-state index contributed by atoms with van der Waals surface area (Å²) in [6.45, 7) is 4.70. The van der Waals surface area contributed by atoms with Crippen LogP contribution in [0, 0.1) is 0 Å². The highest BCUT2D eigenvalue weighted by molar-refractivity contribution is 6.31. The molecule has 1 fully saturated rings. The summed E-state index contributed by atoms with van der Waals surface area (Å²) in [6.07, 6.45) is -4.57. The van der Waals surface area contributed by atoms with Crippen LogP contribution in [0.4, 0.5) is 24.5 Å². The Labute approximate surface area is 166 Å². The van der Waals surface area contributed by atoms with Crippen molar-refractivity contribution in [2.24, 2.45) is 0 Å². The van der Waals surface area contributed by atoms with Crippen molar-refractivity contribution in [2.75, 3.05) is 36.4 Å². The van der Waals surface area contributed by atoms with E-state index in [9.17, 15) is 18.0 Å². The molecule has 0 spiro atoms. The van der Waals surface area contributed by atoms with Crippen molar-refractivity contribution in [1.82, 2.24) is 4.90 Å². The number of piperazine rings is 1. The summed E-state index contributed by atoms with van der Waals surface area (Å²) in [7, 11) is 0. The number of carbonyl (C=O) groups is 1. The summed E-state index contributed by atoms with van der Waals surface area (Å²) in [6, 6.07) is 12.9. The Kier molecular flexibility index (Phi) is 6.15. The number of amides is 1. The van der Waals surface area contributed by atoms with Gasteiger partial charge >= 0.3 is 6.18 Å². The van der Waals surface area contributed by atoms with Gasteiger partial charge in [-0.15, -0.1) is 0 Å². The van der Waals surface area contributed by atoms with Gasteiger partial charge in [0.1, 0.15) is 0 Å². The van der Waals surface area contributed by atoms with E-state index in [4.69, 9.17) is 11.6 Å². The van der Waals surface area contributed by atoms with Crippen LogP contribution in [0.25, 0.3) is 0 Å². The zero-order chi connectivity index (χ0) is 20.3. The highest BCUT2D eigenvalue weighted by Gasteiger charge is 2.34. The molecule has 4 nitrogen and oxygen atoms in total. The van der Waals surface area contributed by atoms with Crippen LogP contribution >= 0.6 is 11.6 Å². The molecule has 2 aromatic carbocycles. The van der Waals surface area contributed by atoms with Gasteiger partial charge in [-0.1, -0.05) is 29.8 Å². The first-order valence-corrected chi connectivity index (χ1v) is 9.35. The van der Waals surface area contributed by atoms with Crippen LogP contribution in [0.1, 0.15) is 12.5 Å². The first kappa shape index (κ1) is 20.5. The third-order valence-electron chi connectivity index (χ3n) is 4.90. The number of anilines is 2. The van der Waals surface area contributed by atoms with Gasteiger partial charge in [-0.25, -0.2) is 0 Å². The van der Waals surface area contributed by atoms with Gasteiger partial charge in [-0.3, -0.25) is 9.69 Å². The van der Waals surface area contributed by atoms with Gasteiger partial charge in [-0.2, -0.15) is 13.2 Å². The molecule has 150 valence electrons. The molecule has 1 amide bonds. The van der Waals surface area contributed by atoms with Crippen molar-refractivity contribution >= 4 is 28.9 Å². The van der Waals surface area contributed by atoms with E-state index in [0.717, 1.165) is 30.9 Å². The lowest BCUT2D eigenvalue weighted by Gasteiger charge is -2.38. The fourth-order valence-electron chi connectivity index (χ4n) is 3.24. The molecule has 1 N–H and O–H groups in total. The van der Waals surface area contributed by atoms with Crippen molar-refractivity contribution in [1.29, 1.82) is 0 Å². The number of halogens is 4. The molecule has 2 aromatic rings. The predicted molar refractivity (Wildman–Crippen MR) is 105 cm³/mol. The maximum absolute atomic E-state index is 13.0. The monoisotopic (exact) mass is 411 g/mol. The first-order chi connectivity index (χ1) is 13.3. The average molecular weight is 412 g/mol. The second-order valence-corrected chi connectivity index (χ2v) is 7.12. The zero-order valence-electron chi connectivity index (χ0n) is 15.3. The summed E-state index contributed by atoms with van der Waals surface area (Å²) in [4.78, 5) is 16.8. The maximum atomic E-state index is 13.0. The van der Waals surface area contributed by atoms with Crippen molar-refractivity contribution in [3.63, 3.8) is 0 Å². The van der Waals surface area contributed by atoms with Crippen LogP contribution in [0.15, 0.2) is 48.5 Å². The van der Waals surface area contributed by atoms with Crippen LogP contribution < -0.4 is 10.2 Å². The second-order valence-electron chi connectivity index (χ2n) is 6.72. The Morgan fingerprint density at radius 2 is 1.71 bits per heavy atom. The SMILES string of the molecule is CC(C(=O)Nc1ccc(Cl)c(C(F)(F)F)c1)N1CCN(c2ccccc2)CC1. The lowest BCUT2D eigenvalue weighted by atomic mass is 10.1. The number of nitrogens with one attached hydrogen (secondary N) is 1. The highest BCUT2D eigenvalue weighted by atomic mass is 35.5. The predicted octanol–water partition coefficient (Wildman–Crippen LogP) is 4.51.